The Morgan fingerprint density at radius 1 is 0.635 bits per heavy atom. The molecule has 0 aromatic rings. The maximum atomic E-state index is 11.2. The van der Waals surface area contributed by atoms with E-state index in [1.54, 1.807) is 0 Å². The van der Waals surface area contributed by atoms with Crippen molar-refractivity contribution in [1.82, 2.24) is 0 Å². The molecular formula is C45H74O18. The summed E-state index contributed by atoms with van der Waals surface area (Å²) in [4.78, 5) is 0. The van der Waals surface area contributed by atoms with E-state index in [9.17, 15) is 56.2 Å². The monoisotopic (exact) mass is 902 g/mol. The van der Waals surface area contributed by atoms with Gasteiger partial charge in [-0.25, -0.2) is 0 Å². The fourth-order valence-electron chi connectivity index (χ4n) is 13.7. The SMILES string of the molecule is CC1=C(CC[C@H](C)CO[C@@H]2O[C@H](CO)[C@@H](O)[C@H](O)[C@H]2O)O[C@H]2C[C@H]3[C@@H]4CC[C@@H]5C[C@@H](O[C@@H]6O[C@H](CO)[C@H](O)[C@H](O)[C@H]6O[C@@H]6O[C@H](CO)[C@@H](O)[C@H](O)[C@H]6O)CC[C@]5(C)[C@H]4CC[C@]3(C)[C@@H]12. The van der Waals surface area contributed by atoms with E-state index < -0.39 is 112 Å². The van der Waals surface area contributed by atoms with Crippen molar-refractivity contribution >= 4 is 0 Å². The molecule has 63 heavy (non-hydrogen) atoms. The molecule has 0 amide bonds. The molecule has 0 aromatic carbocycles. The van der Waals surface area contributed by atoms with Gasteiger partial charge in [0.05, 0.1) is 38.3 Å². The van der Waals surface area contributed by atoms with Crippen molar-refractivity contribution < 1.29 is 89.3 Å². The maximum Gasteiger partial charge on any atom is 0.187 e. The van der Waals surface area contributed by atoms with Crippen molar-refractivity contribution in [2.24, 2.45) is 46.3 Å². The fourth-order valence-corrected chi connectivity index (χ4v) is 13.7. The Morgan fingerprint density at radius 3 is 1.87 bits per heavy atom. The number of allylic oxidation sites excluding steroid dienone is 1. The van der Waals surface area contributed by atoms with Crippen molar-refractivity contribution in [3.05, 3.63) is 11.3 Å². The Morgan fingerprint density at radius 2 is 1.22 bits per heavy atom. The largest absolute Gasteiger partial charge is 0.494 e. The molecule has 25 atom stereocenters. The zero-order chi connectivity index (χ0) is 45.3. The lowest BCUT2D eigenvalue weighted by molar-refractivity contribution is -0.373. The molecule has 18 nitrogen and oxygen atoms in total. The highest BCUT2D eigenvalue weighted by Crippen LogP contribution is 2.70. The zero-order valence-corrected chi connectivity index (χ0v) is 37.0. The van der Waals surface area contributed by atoms with Crippen LogP contribution < -0.4 is 0 Å². The molecule has 7 fully saturated rings. The first-order chi connectivity index (χ1) is 29.9. The average Bonchev–Trinajstić information content (AvgIpc) is 3.76. The number of aliphatic hydroxyl groups is 11. The summed E-state index contributed by atoms with van der Waals surface area (Å²) in [6.45, 7) is 7.74. The van der Waals surface area contributed by atoms with Crippen molar-refractivity contribution in [3.8, 4) is 0 Å². The first-order valence-electron chi connectivity index (χ1n) is 23.5. The normalized spacial score (nSPS) is 52.7. The molecule has 18 heteroatoms. The van der Waals surface area contributed by atoms with Gasteiger partial charge < -0.3 is 89.3 Å². The molecular weight excluding hydrogens is 828 g/mol. The smallest absolute Gasteiger partial charge is 0.187 e. The Balaban J connectivity index is 0.872. The molecule has 362 valence electrons. The van der Waals surface area contributed by atoms with E-state index in [0.717, 1.165) is 70.0 Å². The van der Waals surface area contributed by atoms with E-state index in [0.29, 0.717) is 29.6 Å². The molecule has 0 spiro atoms. The molecule has 4 saturated carbocycles. The van der Waals surface area contributed by atoms with Crippen molar-refractivity contribution in [3.63, 3.8) is 0 Å². The topological polar surface area (TPSA) is 287 Å². The second-order valence-electron chi connectivity index (χ2n) is 20.9. The summed E-state index contributed by atoms with van der Waals surface area (Å²) in [7, 11) is 0. The molecule has 3 saturated heterocycles. The van der Waals surface area contributed by atoms with Crippen LogP contribution in [-0.2, 0) is 33.2 Å². The van der Waals surface area contributed by atoms with Crippen molar-refractivity contribution in [2.75, 3.05) is 26.4 Å². The van der Waals surface area contributed by atoms with Crippen molar-refractivity contribution in [2.45, 2.75) is 196 Å². The van der Waals surface area contributed by atoms with Gasteiger partial charge in [-0.2, -0.15) is 0 Å². The molecule has 4 heterocycles. The zero-order valence-electron chi connectivity index (χ0n) is 37.0. The van der Waals surface area contributed by atoms with Crippen LogP contribution in [0.2, 0.25) is 0 Å². The van der Waals surface area contributed by atoms with Crippen LogP contribution in [-0.4, -0.2) is 187 Å². The van der Waals surface area contributed by atoms with Gasteiger partial charge in [0.25, 0.3) is 0 Å². The Labute approximate surface area is 369 Å². The van der Waals surface area contributed by atoms with Crippen molar-refractivity contribution in [1.29, 1.82) is 0 Å². The van der Waals surface area contributed by atoms with E-state index in [4.69, 9.17) is 33.2 Å². The summed E-state index contributed by atoms with van der Waals surface area (Å²) in [6, 6.07) is 0. The van der Waals surface area contributed by atoms with Crippen LogP contribution >= 0.6 is 0 Å². The highest BCUT2D eigenvalue weighted by Gasteiger charge is 2.65. The van der Waals surface area contributed by atoms with E-state index in [2.05, 4.69) is 27.7 Å². The lowest BCUT2D eigenvalue weighted by Crippen LogP contribution is -2.65. The van der Waals surface area contributed by atoms with Crippen LogP contribution in [0.4, 0.5) is 0 Å². The third-order valence-electron chi connectivity index (χ3n) is 17.4. The second-order valence-corrected chi connectivity index (χ2v) is 20.9. The second kappa shape index (κ2) is 19.1. The standard InChI is InChI=1S/C45H74O18/c1-19(18-57-41-38(55)35(52)32(49)28(15-46)60-41)5-8-26-20(2)31-27(59-26)14-25-23-7-6-21-13-22(9-11-44(21,3)24(23)10-12-45(25,31)4)58-43-40(37(54)34(51)30(17-48)62-43)63-42-39(56)36(53)33(50)29(16-47)61-42/h19,21-25,27-43,46-56H,5-18H2,1-4H3/t19-,21+,22-,23+,24-,25-,27-,28+,29+,30+,31-,32+,33+,34-,35-,36-,37-,38+,39+,40+,41+,42-,43+,44-,45-/m0/s1. The summed E-state index contributed by atoms with van der Waals surface area (Å²) in [6.07, 6.45) is -12.1. The maximum absolute atomic E-state index is 11.2. The molecule has 0 unspecified atom stereocenters. The predicted octanol–water partition coefficient (Wildman–Crippen LogP) is -0.830. The number of hydrogen-bond acceptors (Lipinski definition) is 18. The highest BCUT2D eigenvalue weighted by atomic mass is 16.8. The minimum Gasteiger partial charge on any atom is -0.494 e. The molecule has 8 aliphatic rings. The molecule has 8 rings (SSSR count). The van der Waals surface area contributed by atoms with E-state index in [-0.39, 0.29) is 35.6 Å². The van der Waals surface area contributed by atoms with Crippen LogP contribution in [0.1, 0.15) is 91.9 Å². The first-order valence-corrected chi connectivity index (χ1v) is 23.5. The van der Waals surface area contributed by atoms with Gasteiger partial charge in [0.1, 0.15) is 79.4 Å². The van der Waals surface area contributed by atoms with Gasteiger partial charge in [-0.1, -0.05) is 20.8 Å². The number of aliphatic hydroxyl groups excluding tert-OH is 11. The van der Waals surface area contributed by atoms with Gasteiger partial charge in [-0.3, -0.25) is 0 Å². The molecule has 0 radical (unpaired) electrons. The number of fused-ring (bicyclic) bond motifs is 7. The fraction of sp³-hybridized carbons (Fsp3) is 0.956. The molecule has 11 N–H and O–H groups in total. The Kier molecular flexibility index (Phi) is 14.6. The van der Waals surface area contributed by atoms with Gasteiger partial charge in [-0.05, 0) is 111 Å². The van der Waals surface area contributed by atoms with Crippen LogP contribution in [0.3, 0.4) is 0 Å². The Hall–Kier alpha value is -1.14. The van der Waals surface area contributed by atoms with Crippen LogP contribution in [0.5, 0.6) is 0 Å². The number of ether oxygens (including phenoxy) is 7. The van der Waals surface area contributed by atoms with Gasteiger partial charge >= 0.3 is 0 Å². The number of rotatable bonds is 13. The first kappa shape index (κ1) is 48.3. The predicted molar refractivity (Wildman–Crippen MR) is 218 cm³/mol. The third-order valence-corrected chi connectivity index (χ3v) is 17.4. The minimum absolute atomic E-state index is 0.0928. The minimum atomic E-state index is -1.74. The van der Waals surface area contributed by atoms with Gasteiger partial charge in [0.2, 0.25) is 0 Å². The van der Waals surface area contributed by atoms with Crippen LogP contribution in [0.15, 0.2) is 11.3 Å². The molecule has 0 bridgehead atoms. The van der Waals surface area contributed by atoms with Gasteiger partial charge in [0, 0.05) is 12.3 Å². The lowest BCUT2D eigenvalue weighted by atomic mass is 9.44. The molecule has 4 aliphatic heterocycles. The average molecular weight is 903 g/mol. The summed E-state index contributed by atoms with van der Waals surface area (Å²) < 4.78 is 42.2. The Bertz CT molecular complexity index is 1580. The lowest BCUT2D eigenvalue weighted by Gasteiger charge is -2.61. The summed E-state index contributed by atoms with van der Waals surface area (Å²) in [5.74, 6) is 3.56. The summed E-state index contributed by atoms with van der Waals surface area (Å²) in [5.41, 5.74) is 1.57. The molecule has 0 aromatic heterocycles. The van der Waals surface area contributed by atoms with Crippen LogP contribution in [0.25, 0.3) is 0 Å². The summed E-state index contributed by atoms with van der Waals surface area (Å²) in [5, 5.41) is 113. The highest BCUT2D eigenvalue weighted by molar-refractivity contribution is 5.26. The van der Waals surface area contributed by atoms with E-state index >= 15 is 0 Å². The number of hydrogen-bond donors (Lipinski definition) is 11. The third kappa shape index (κ3) is 8.68. The van der Waals surface area contributed by atoms with Crippen LogP contribution in [0, 0.1) is 46.3 Å². The van der Waals surface area contributed by atoms with Gasteiger partial charge in [-0.15, -0.1) is 0 Å². The van der Waals surface area contributed by atoms with E-state index in [1.807, 2.05) is 0 Å². The van der Waals surface area contributed by atoms with E-state index in [1.165, 1.54) is 5.57 Å². The molecule has 4 aliphatic carbocycles. The summed E-state index contributed by atoms with van der Waals surface area (Å²) >= 11 is 0. The quantitative estimate of drug-likeness (QED) is 0.101. The van der Waals surface area contributed by atoms with Gasteiger partial charge in [0.15, 0.2) is 18.9 Å².